The van der Waals surface area contributed by atoms with E-state index in [4.69, 9.17) is 9.47 Å². The first-order valence-electron chi connectivity index (χ1n) is 4.77. The lowest BCUT2D eigenvalue weighted by molar-refractivity contribution is -0.126. The van der Waals surface area contributed by atoms with E-state index in [-0.39, 0.29) is 29.3 Å². The van der Waals surface area contributed by atoms with Gasteiger partial charge in [0.2, 0.25) is 5.91 Å². The molecule has 14 heavy (non-hydrogen) atoms. The minimum atomic E-state index is 0.0589. The summed E-state index contributed by atoms with van der Waals surface area (Å²) in [6, 6.07) is 0. The molecule has 1 amide bonds. The van der Waals surface area contributed by atoms with Crippen molar-refractivity contribution in [1.82, 2.24) is 4.72 Å². The number of rotatable bonds is 2. The third-order valence-electron chi connectivity index (χ3n) is 3.04. The highest BCUT2D eigenvalue weighted by Gasteiger charge is 2.46. The molecule has 0 aromatic heterocycles. The van der Waals surface area contributed by atoms with Gasteiger partial charge in [-0.05, 0) is 18.4 Å². The van der Waals surface area contributed by atoms with Gasteiger partial charge in [0.15, 0.2) is 0 Å². The number of carbonyl (C=O) groups is 1. The van der Waals surface area contributed by atoms with Crippen LogP contribution in [0.15, 0.2) is 0 Å². The minimum Gasteiger partial charge on any atom is -0.381 e. The van der Waals surface area contributed by atoms with Crippen LogP contribution < -0.4 is 4.72 Å². The van der Waals surface area contributed by atoms with E-state index >= 15 is 0 Å². The van der Waals surface area contributed by atoms with Gasteiger partial charge in [-0.1, -0.05) is 0 Å². The summed E-state index contributed by atoms with van der Waals surface area (Å²) in [6.07, 6.45) is 1.99. The van der Waals surface area contributed by atoms with Gasteiger partial charge in [0.25, 0.3) is 0 Å². The highest BCUT2D eigenvalue weighted by molar-refractivity contribution is 7.99. The minimum absolute atomic E-state index is 0.0589. The van der Waals surface area contributed by atoms with Gasteiger partial charge >= 0.3 is 0 Å². The van der Waals surface area contributed by atoms with Gasteiger partial charge in [0.1, 0.15) is 0 Å². The molecule has 1 aliphatic carbocycles. The van der Waals surface area contributed by atoms with Gasteiger partial charge < -0.3 is 9.47 Å². The fourth-order valence-electron chi connectivity index (χ4n) is 2.20. The molecule has 1 heterocycles. The maximum Gasteiger partial charge on any atom is 0.234 e. The maximum atomic E-state index is 11.5. The second kappa shape index (κ2) is 4.08. The van der Waals surface area contributed by atoms with Crippen molar-refractivity contribution in [1.29, 1.82) is 0 Å². The van der Waals surface area contributed by atoms with Crippen molar-refractivity contribution >= 4 is 17.9 Å². The molecule has 0 spiro atoms. The van der Waals surface area contributed by atoms with Gasteiger partial charge in [0, 0.05) is 20.6 Å². The summed E-state index contributed by atoms with van der Waals surface area (Å²) in [4.78, 5) is 11.5. The standard InChI is InChI=1S/C9H15NO3S/c1-12-5-3-6-8(7(4-5)13-2)14-10-9(6)11/h5-8H,3-4H2,1-2H3,(H,10,11). The van der Waals surface area contributed by atoms with Crippen LogP contribution in [0.4, 0.5) is 0 Å². The Hall–Kier alpha value is -0.260. The van der Waals surface area contributed by atoms with Gasteiger partial charge in [-0.3, -0.25) is 9.52 Å². The van der Waals surface area contributed by atoms with Crippen LogP contribution in [0, 0.1) is 5.92 Å². The molecule has 0 aromatic carbocycles. The Kier molecular flexibility index (Phi) is 2.99. The van der Waals surface area contributed by atoms with E-state index in [9.17, 15) is 4.79 Å². The fourth-order valence-corrected chi connectivity index (χ4v) is 3.38. The van der Waals surface area contributed by atoms with Crippen molar-refractivity contribution in [2.45, 2.75) is 30.3 Å². The molecule has 4 unspecified atom stereocenters. The SMILES string of the molecule is COC1CC(OC)C2SNC(=O)C2C1. The maximum absolute atomic E-state index is 11.5. The monoisotopic (exact) mass is 217 g/mol. The average molecular weight is 217 g/mol. The van der Waals surface area contributed by atoms with Crippen LogP contribution in [0.3, 0.4) is 0 Å². The Labute approximate surface area is 87.8 Å². The van der Waals surface area contributed by atoms with Crippen molar-refractivity contribution < 1.29 is 14.3 Å². The van der Waals surface area contributed by atoms with Gasteiger partial charge in [0.05, 0.1) is 23.4 Å². The molecule has 80 valence electrons. The summed E-state index contributed by atoms with van der Waals surface area (Å²) in [6.45, 7) is 0. The topological polar surface area (TPSA) is 47.6 Å². The Balaban J connectivity index is 2.10. The molecule has 4 atom stereocenters. The predicted molar refractivity (Wildman–Crippen MR) is 53.8 cm³/mol. The van der Waals surface area contributed by atoms with Crippen LogP contribution >= 0.6 is 11.9 Å². The largest absolute Gasteiger partial charge is 0.381 e. The predicted octanol–water partition coefficient (Wildman–Crippen LogP) is 0.573. The quantitative estimate of drug-likeness (QED) is 0.687. The second-order valence-corrected chi connectivity index (χ2v) is 4.74. The number of fused-ring (bicyclic) bond motifs is 1. The molecule has 4 nitrogen and oxygen atoms in total. The van der Waals surface area contributed by atoms with Crippen LogP contribution in [0.25, 0.3) is 0 Å². The third kappa shape index (κ3) is 1.64. The molecule has 5 heteroatoms. The lowest BCUT2D eigenvalue weighted by Gasteiger charge is -2.34. The van der Waals surface area contributed by atoms with E-state index in [2.05, 4.69) is 4.72 Å². The zero-order valence-corrected chi connectivity index (χ0v) is 9.17. The van der Waals surface area contributed by atoms with E-state index < -0.39 is 0 Å². The Morgan fingerprint density at radius 2 is 2.14 bits per heavy atom. The lowest BCUT2D eigenvalue weighted by atomic mass is 9.84. The number of hydrogen-bond donors (Lipinski definition) is 1. The molecule has 2 fully saturated rings. The highest BCUT2D eigenvalue weighted by atomic mass is 32.2. The van der Waals surface area contributed by atoms with Crippen LogP contribution in [0.1, 0.15) is 12.8 Å². The Morgan fingerprint density at radius 1 is 1.36 bits per heavy atom. The fraction of sp³-hybridized carbons (Fsp3) is 0.889. The number of hydrogen-bond acceptors (Lipinski definition) is 4. The van der Waals surface area contributed by atoms with Gasteiger partial charge in [-0.15, -0.1) is 0 Å². The molecule has 1 N–H and O–H groups in total. The summed E-state index contributed by atoms with van der Waals surface area (Å²) in [5, 5.41) is 0.263. The number of methoxy groups -OCH3 is 2. The summed E-state index contributed by atoms with van der Waals surface area (Å²) >= 11 is 1.50. The van der Waals surface area contributed by atoms with E-state index in [1.165, 1.54) is 11.9 Å². The van der Waals surface area contributed by atoms with Crippen LogP contribution in [0.5, 0.6) is 0 Å². The highest BCUT2D eigenvalue weighted by Crippen LogP contribution is 2.39. The zero-order chi connectivity index (χ0) is 10.1. The second-order valence-electron chi connectivity index (χ2n) is 3.76. The molecule has 0 radical (unpaired) electrons. The van der Waals surface area contributed by atoms with Crippen molar-refractivity contribution in [3.8, 4) is 0 Å². The van der Waals surface area contributed by atoms with Crippen LogP contribution in [-0.4, -0.2) is 37.6 Å². The van der Waals surface area contributed by atoms with E-state index in [0.29, 0.717) is 0 Å². The van der Waals surface area contributed by atoms with Crippen LogP contribution in [0.2, 0.25) is 0 Å². The van der Waals surface area contributed by atoms with Crippen molar-refractivity contribution in [2.24, 2.45) is 5.92 Å². The first kappa shape index (κ1) is 10.3. The normalized spacial score (nSPS) is 42.0. The first-order chi connectivity index (χ1) is 6.76. The van der Waals surface area contributed by atoms with Gasteiger partial charge in [-0.2, -0.15) is 0 Å². The van der Waals surface area contributed by atoms with E-state index in [1.54, 1.807) is 14.2 Å². The summed E-state index contributed by atoms with van der Waals surface area (Å²) in [5.41, 5.74) is 0. The molecule has 1 saturated heterocycles. The Bertz CT molecular complexity index is 236. The summed E-state index contributed by atoms with van der Waals surface area (Å²) in [5.74, 6) is 0.187. The number of amides is 1. The third-order valence-corrected chi connectivity index (χ3v) is 4.27. The number of carbonyl (C=O) groups excluding carboxylic acids is 1. The van der Waals surface area contributed by atoms with Crippen molar-refractivity contribution in [2.75, 3.05) is 14.2 Å². The smallest absolute Gasteiger partial charge is 0.234 e. The van der Waals surface area contributed by atoms with Crippen LogP contribution in [-0.2, 0) is 14.3 Å². The van der Waals surface area contributed by atoms with Crippen molar-refractivity contribution in [3.05, 3.63) is 0 Å². The summed E-state index contributed by atoms with van der Waals surface area (Å²) in [7, 11) is 3.39. The average Bonchev–Trinajstić information content (AvgIpc) is 2.59. The van der Waals surface area contributed by atoms with Gasteiger partial charge in [-0.25, -0.2) is 0 Å². The Morgan fingerprint density at radius 3 is 2.79 bits per heavy atom. The van der Waals surface area contributed by atoms with E-state index in [1.807, 2.05) is 0 Å². The summed E-state index contributed by atoms with van der Waals surface area (Å²) < 4.78 is 13.5. The number of nitrogens with one attached hydrogen (secondary N) is 1. The molecule has 0 bridgehead atoms. The zero-order valence-electron chi connectivity index (χ0n) is 8.36. The number of ether oxygens (including phenoxy) is 2. The molecular formula is C9H15NO3S. The van der Waals surface area contributed by atoms with Crippen molar-refractivity contribution in [3.63, 3.8) is 0 Å². The molecule has 1 saturated carbocycles. The lowest BCUT2D eigenvalue weighted by Crippen LogP contribution is -2.42. The first-order valence-corrected chi connectivity index (χ1v) is 5.65. The molecular weight excluding hydrogens is 202 g/mol. The molecule has 2 aliphatic rings. The van der Waals surface area contributed by atoms with E-state index in [0.717, 1.165) is 12.8 Å². The molecule has 1 aliphatic heterocycles. The molecule has 2 rings (SSSR count). The molecule has 0 aromatic rings.